The molecule has 186 valence electrons. The van der Waals surface area contributed by atoms with Crippen LogP contribution in [0, 0.1) is 0 Å². The zero-order valence-electron chi connectivity index (χ0n) is 20.7. The zero-order chi connectivity index (χ0) is 26.3. The van der Waals surface area contributed by atoms with Gasteiger partial charge in [0.05, 0.1) is 10.9 Å². The summed E-state index contributed by atoms with van der Waals surface area (Å²) in [5, 5.41) is 0. The van der Waals surface area contributed by atoms with Gasteiger partial charge in [-0.1, -0.05) is 66.0 Å². The van der Waals surface area contributed by atoms with E-state index >= 15 is 0 Å². The standard InChI is InChI=1S/C33H25O2S3/c1-24(35)26-9-13-28(14-10-26)37-30-17-21-33(22-18-30)38(31-5-3-2-4-6-31)32-19-15-29(16-20-32)36-27-11-7-25(23-34)8-12-27/h2-23H,1H3/q+1. The van der Waals surface area contributed by atoms with Crippen LogP contribution in [-0.4, -0.2) is 12.1 Å². The molecule has 0 spiro atoms. The molecule has 38 heavy (non-hydrogen) atoms. The fourth-order valence-corrected chi connectivity index (χ4v) is 7.59. The van der Waals surface area contributed by atoms with Gasteiger partial charge in [-0.2, -0.15) is 0 Å². The lowest BCUT2D eigenvalue weighted by Crippen LogP contribution is -2.04. The molecule has 0 radical (unpaired) electrons. The third kappa shape index (κ3) is 6.48. The van der Waals surface area contributed by atoms with Crippen molar-refractivity contribution in [1.82, 2.24) is 0 Å². The van der Waals surface area contributed by atoms with Crippen molar-refractivity contribution < 1.29 is 9.59 Å². The number of hydrogen-bond donors (Lipinski definition) is 0. The second-order valence-corrected chi connectivity index (χ2v) is 12.9. The summed E-state index contributed by atoms with van der Waals surface area (Å²) < 4.78 is 0. The second-order valence-electron chi connectivity index (χ2n) is 8.53. The largest absolute Gasteiger partial charge is 0.298 e. The molecule has 0 fully saturated rings. The summed E-state index contributed by atoms with van der Waals surface area (Å²) in [6.07, 6.45) is 0.867. The Morgan fingerprint density at radius 1 is 0.553 bits per heavy atom. The summed E-state index contributed by atoms with van der Waals surface area (Å²) >= 11 is 3.38. The van der Waals surface area contributed by atoms with Gasteiger partial charge in [-0.05, 0) is 91.9 Å². The van der Waals surface area contributed by atoms with Crippen LogP contribution in [0.1, 0.15) is 27.6 Å². The second kappa shape index (κ2) is 12.4. The molecule has 0 aliphatic carbocycles. The van der Waals surface area contributed by atoms with Gasteiger partial charge in [-0.3, -0.25) is 9.59 Å². The average Bonchev–Trinajstić information content (AvgIpc) is 2.96. The van der Waals surface area contributed by atoms with Crippen molar-refractivity contribution in [2.24, 2.45) is 0 Å². The molecule has 1 atom stereocenters. The number of hydrogen-bond acceptors (Lipinski definition) is 4. The van der Waals surface area contributed by atoms with Crippen LogP contribution in [0.3, 0.4) is 0 Å². The molecule has 0 N–H and O–H groups in total. The number of ketones is 1. The van der Waals surface area contributed by atoms with Gasteiger partial charge in [0, 0.05) is 30.7 Å². The molecule has 0 saturated heterocycles. The Hall–Kier alpha value is -3.51. The molecule has 5 aromatic carbocycles. The Bertz CT molecular complexity index is 1510. The van der Waals surface area contributed by atoms with Crippen LogP contribution in [0.4, 0.5) is 0 Å². The van der Waals surface area contributed by atoms with E-state index in [0.29, 0.717) is 5.56 Å². The number of Topliss-reactive ketones (excluding diaryl/α,β-unsaturated/α-hetero) is 1. The van der Waals surface area contributed by atoms with E-state index in [9.17, 15) is 9.59 Å². The van der Waals surface area contributed by atoms with E-state index in [1.807, 2.05) is 48.5 Å². The summed E-state index contributed by atoms with van der Waals surface area (Å²) in [6.45, 7) is 1.59. The van der Waals surface area contributed by atoms with Crippen molar-refractivity contribution in [1.29, 1.82) is 0 Å². The summed E-state index contributed by atoms with van der Waals surface area (Å²) in [4.78, 5) is 30.8. The molecule has 0 aliphatic heterocycles. The average molecular weight is 550 g/mol. The van der Waals surface area contributed by atoms with Gasteiger partial charge < -0.3 is 0 Å². The van der Waals surface area contributed by atoms with Crippen LogP contribution in [-0.2, 0) is 10.9 Å². The first-order valence-corrected chi connectivity index (χ1v) is 15.0. The minimum absolute atomic E-state index is 0.0822. The van der Waals surface area contributed by atoms with Crippen LogP contribution >= 0.6 is 23.5 Å². The van der Waals surface area contributed by atoms with E-state index in [-0.39, 0.29) is 16.7 Å². The van der Waals surface area contributed by atoms with Crippen LogP contribution < -0.4 is 0 Å². The first kappa shape index (κ1) is 26.1. The lowest BCUT2D eigenvalue weighted by atomic mass is 10.2. The van der Waals surface area contributed by atoms with Crippen molar-refractivity contribution in [3.8, 4) is 0 Å². The topological polar surface area (TPSA) is 34.1 Å². The Labute approximate surface area is 234 Å². The smallest absolute Gasteiger partial charge is 0.166 e. The van der Waals surface area contributed by atoms with E-state index in [1.54, 1.807) is 30.4 Å². The molecule has 0 aromatic heterocycles. The van der Waals surface area contributed by atoms with Crippen molar-refractivity contribution in [2.45, 2.75) is 41.2 Å². The molecule has 2 nitrogen and oxygen atoms in total. The zero-order valence-corrected chi connectivity index (χ0v) is 23.2. The SMILES string of the molecule is CC(=O)c1ccc(Sc2ccc([S+](c3ccccc3)c3ccc(Sc4ccc(C=O)cc4)cc3)cc2)cc1. The van der Waals surface area contributed by atoms with Gasteiger partial charge in [0.15, 0.2) is 20.5 Å². The summed E-state index contributed by atoms with van der Waals surface area (Å²) in [5.41, 5.74) is 1.42. The van der Waals surface area contributed by atoms with Crippen LogP contribution in [0.2, 0.25) is 0 Å². The van der Waals surface area contributed by atoms with Gasteiger partial charge >= 0.3 is 0 Å². The molecular formula is C33H25O2S3+. The minimum Gasteiger partial charge on any atom is -0.298 e. The van der Waals surface area contributed by atoms with Crippen LogP contribution in [0.15, 0.2) is 162 Å². The minimum atomic E-state index is -0.232. The first-order valence-electron chi connectivity index (χ1n) is 12.1. The highest BCUT2D eigenvalue weighted by Gasteiger charge is 2.28. The molecule has 0 saturated carbocycles. The van der Waals surface area contributed by atoms with E-state index in [0.717, 1.165) is 31.4 Å². The highest BCUT2D eigenvalue weighted by molar-refractivity contribution is 7.99. The fraction of sp³-hybridized carbons (Fsp3) is 0.0303. The van der Waals surface area contributed by atoms with Gasteiger partial charge in [0.1, 0.15) is 6.29 Å². The Balaban J connectivity index is 1.37. The van der Waals surface area contributed by atoms with Crippen LogP contribution in [0.5, 0.6) is 0 Å². The molecule has 0 aliphatic rings. The molecule has 1 unspecified atom stereocenters. The fourth-order valence-electron chi connectivity index (χ4n) is 3.90. The quantitative estimate of drug-likeness (QED) is 0.104. The first-order chi connectivity index (χ1) is 18.6. The number of benzene rings is 5. The van der Waals surface area contributed by atoms with Gasteiger partial charge in [0.25, 0.3) is 0 Å². The normalized spacial score (nSPS) is 11.6. The van der Waals surface area contributed by atoms with Crippen molar-refractivity contribution >= 4 is 46.5 Å². The van der Waals surface area contributed by atoms with E-state index < -0.39 is 0 Å². The maximum Gasteiger partial charge on any atom is 0.166 e. The molecule has 5 rings (SSSR count). The Morgan fingerprint density at radius 2 is 0.947 bits per heavy atom. The highest BCUT2D eigenvalue weighted by Crippen LogP contribution is 2.36. The van der Waals surface area contributed by atoms with E-state index in [4.69, 9.17) is 0 Å². The third-order valence-electron chi connectivity index (χ3n) is 5.85. The van der Waals surface area contributed by atoms with Crippen molar-refractivity contribution in [3.05, 3.63) is 139 Å². The monoisotopic (exact) mass is 549 g/mol. The maximum atomic E-state index is 11.6. The lowest BCUT2D eigenvalue weighted by molar-refractivity contribution is 0.101. The number of carbonyl (C=O) groups excluding carboxylic acids is 2. The maximum absolute atomic E-state index is 11.6. The van der Waals surface area contributed by atoms with E-state index in [1.165, 1.54) is 14.7 Å². The van der Waals surface area contributed by atoms with Crippen molar-refractivity contribution in [2.75, 3.05) is 0 Å². The highest BCUT2D eigenvalue weighted by atomic mass is 32.2. The Kier molecular flexibility index (Phi) is 8.49. The summed E-state index contributed by atoms with van der Waals surface area (Å²) in [7, 11) is -0.232. The number of aldehydes is 1. The van der Waals surface area contributed by atoms with Crippen LogP contribution in [0.25, 0.3) is 0 Å². The predicted molar refractivity (Wildman–Crippen MR) is 158 cm³/mol. The molecule has 5 aromatic rings. The summed E-state index contributed by atoms with van der Waals surface area (Å²) in [5.74, 6) is 0.0822. The van der Waals surface area contributed by atoms with E-state index in [2.05, 4.69) is 78.9 Å². The summed E-state index contributed by atoms with van der Waals surface area (Å²) in [6, 6.07) is 43.6. The molecule has 0 heterocycles. The van der Waals surface area contributed by atoms with Crippen molar-refractivity contribution in [3.63, 3.8) is 0 Å². The number of rotatable bonds is 9. The number of carbonyl (C=O) groups is 2. The lowest BCUT2D eigenvalue weighted by Gasteiger charge is -2.10. The van der Waals surface area contributed by atoms with Gasteiger partial charge in [-0.25, -0.2) is 0 Å². The Morgan fingerprint density at radius 3 is 1.37 bits per heavy atom. The van der Waals surface area contributed by atoms with Gasteiger partial charge in [0.2, 0.25) is 0 Å². The molecule has 0 bridgehead atoms. The predicted octanol–water partition coefficient (Wildman–Crippen LogP) is 9.10. The molecule has 5 heteroatoms. The third-order valence-corrected chi connectivity index (χ3v) is 10.1. The van der Waals surface area contributed by atoms with Gasteiger partial charge in [-0.15, -0.1) is 0 Å². The molecule has 0 amide bonds. The molecular weight excluding hydrogens is 525 g/mol.